The van der Waals surface area contributed by atoms with Gasteiger partial charge in [-0.05, 0) is 56.9 Å². The first-order chi connectivity index (χ1) is 13.0. The van der Waals surface area contributed by atoms with Crippen molar-refractivity contribution < 1.29 is 0 Å². The van der Waals surface area contributed by atoms with Gasteiger partial charge in [-0.3, -0.25) is 4.98 Å². The molecule has 0 radical (unpaired) electrons. The number of pyridine rings is 1. The van der Waals surface area contributed by atoms with Gasteiger partial charge in [0.25, 0.3) is 0 Å². The zero-order valence-electron chi connectivity index (χ0n) is 15.7. The number of hydrogen-bond acceptors (Lipinski definition) is 6. The van der Waals surface area contributed by atoms with Crippen LogP contribution in [0, 0.1) is 6.92 Å². The highest BCUT2D eigenvalue weighted by Gasteiger charge is 2.08. The summed E-state index contributed by atoms with van der Waals surface area (Å²) in [6.45, 7) is 3.72. The molecule has 3 rings (SSSR count). The van der Waals surface area contributed by atoms with E-state index in [1.54, 1.807) is 12.4 Å². The maximum absolute atomic E-state index is 4.65. The fourth-order valence-corrected chi connectivity index (χ4v) is 2.76. The van der Waals surface area contributed by atoms with Gasteiger partial charge in [0, 0.05) is 47.3 Å². The fraction of sp³-hybridized carbons (Fsp3) is 0.250. The van der Waals surface area contributed by atoms with Gasteiger partial charge in [0.1, 0.15) is 5.82 Å². The number of nitrogens with zero attached hydrogens (tertiary/aromatic N) is 4. The maximum Gasteiger partial charge on any atom is 0.225 e. The molecule has 0 spiro atoms. The van der Waals surface area contributed by atoms with E-state index in [1.165, 1.54) is 0 Å². The summed E-state index contributed by atoms with van der Waals surface area (Å²) in [6.07, 6.45) is 3.56. The summed E-state index contributed by atoms with van der Waals surface area (Å²) in [5, 5.41) is 6.68. The summed E-state index contributed by atoms with van der Waals surface area (Å²) in [4.78, 5) is 15.6. The molecule has 0 amide bonds. The van der Waals surface area contributed by atoms with E-state index in [0.717, 1.165) is 45.9 Å². The Morgan fingerprint density at radius 2 is 1.96 bits per heavy atom. The second kappa shape index (κ2) is 8.92. The van der Waals surface area contributed by atoms with E-state index < -0.39 is 0 Å². The summed E-state index contributed by atoms with van der Waals surface area (Å²) in [5.41, 5.74) is 3.91. The molecule has 0 bridgehead atoms. The molecule has 0 saturated carbocycles. The Labute approximate surface area is 168 Å². The Hall–Kier alpha value is -2.51. The summed E-state index contributed by atoms with van der Waals surface area (Å²) < 4.78 is 1.08. The molecule has 0 atom stereocenters. The van der Waals surface area contributed by atoms with Crippen molar-refractivity contribution in [1.82, 2.24) is 19.9 Å². The van der Waals surface area contributed by atoms with Gasteiger partial charge in [0.05, 0.1) is 5.69 Å². The van der Waals surface area contributed by atoms with Crippen molar-refractivity contribution in [1.29, 1.82) is 0 Å². The van der Waals surface area contributed by atoms with Crippen molar-refractivity contribution in [3.63, 3.8) is 0 Å². The lowest BCUT2D eigenvalue weighted by molar-refractivity contribution is 0.425. The van der Waals surface area contributed by atoms with Gasteiger partial charge in [-0.15, -0.1) is 0 Å². The molecule has 0 unspecified atom stereocenters. The number of halogens is 1. The largest absolute Gasteiger partial charge is 0.353 e. The number of anilines is 3. The van der Waals surface area contributed by atoms with Crippen LogP contribution < -0.4 is 10.6 Å². The molecule has 0 aliphatic carbocycles. The van der Waals surface area contributed by atoms with Crippen LogP contribution in [0.25, 0.3) is 11.3 Å². The lowest BCUT2D eigenvalue weighted by Crippen LogP contribution is -2.21. The lowest BCUT2D eigenvalue weighted by Gasteiger charge is -2.13. The van der Waals surface area contributed by atoms with Gasteiger partial charge in [0.2, 0.25) is 5.95 Å². The van der Waals surface area contributed by atoms with Crippen LogP contribution in [0.5, 0.6) is 0 Å². The normalized spacial score (nSPS) is 10.9. The number of rotatable bonds is 7. The molecule has 0 aliphatic rings. The first kappa shape index (κ1) is 19.3. The maximum atomic E-state index is 4.65. The molecule has 2 aromatic heterocycles. The standard InChI is InChI=1S/C20H23BrN6/c1-14-11-16(6-7-17(14)21)24-19-12-18(15-5-4-8-22-13-15)25-20(26-19)23-9-10-27(2)3/h4-8,11-13H,9-10H2,1-3H3,(H2,23,24,25,26). The van der Waals surface area contributed by atoms with E-state index in [4.69, 9.17) is 0 Å². The summed E-state index contributed by atoms with van der Waals surface area (Å²) >= 11 is 3.53. The topological polar surface area (TPSA) is 66.0 Å². The molecule has 3 aromatic rings. The molecule has 7 heteroatoms. The Balaban J connectivity index is 1.90. The highest BCUT2D eigenvalue weighted by atomic mass is 79.9. The number of benzene rings is 1. The van der Waals surface area contributed by atoms with E-state index >= 15 is 0 Å². The lowest BCUT2D eigenvalue weighted by atomic mass is 10.2. The SMILES string of the molecule is Cc1cc(Nc2cc(-c3cccnc3)nc(NCCN(C)C)n2)ccc1Br. The van der Waals surface area contributed by atoms with E-state index in [2.05, 4.69) is 59.4 Å². The van der Waals surface area contributed by atoms with Crippen LogP contribution in [0.15, 0.2) is 53.3 Å². The average molecular weight is 427 g/mol. The second-order valence-corrected chi connectivity index (χ2v) is 7.38. The summed E-state index contributed by atoms with van der Waals surface area (Å²) in [7, 11) is 4.08. The molecule has 2 N–H and O–H groups in total. The number of aromatic nitrogens is 3. The van der Waals surface area contributed by atoms with E-state index in [-0.39, 0.29) is 0 Å². The van der Waals surface area contributed by atoms with E-state index in [9.17, 15) is 0 Å². The minimum atomic E-state index is 0.592. The Morgan fingerprint density at radius 1 is 1.11 bits per heavy atom. The highest BCUT2D eigenvalue weighted by Crippen LogP contribution is 2.25. The minimum absolute atomic E-state index is 0.592. The third-order valence-electron chi connectivity index (χ3n) is 3.96. The van der Waals surface area contributed by atoms with Crippen LogP contribution in [0.1, 0.15) is 5.56 Å². The summed E-state index contributed by atoms with van der Waals surface area (Å²) in [5.74, 6) is 1.33. The average Bonchev–Trinajstić information content (AvgIpc) is 2.65. The van der Waals surface area contributed by atoms with Crippen molar-refractivity contribution >= 4 is 33.4 Å². The molecule has 0 fully saturated rings. The third-order valence-corrected chi connectivity index (χ3v) is 4.85. The molecule has 0 aliphatic heterocycles. The predicted octanol–water partition coefficient (Wildman–Crippen LogP) is 4.33. The molecule has 27 heavy (non-hydrogen) atoms. The smallest absolute Gasteiger partial charge is 0.225 e. The van der Waals surface area contributed by atoms with Crippen molar-refractivity contribution in [2.45, 2.75) is 6.92 Å². The Bertz CT molecular complexity index is 898. The van der Waals surface area contributed by atoms with Gasteiger partial charge >= 0.3 is 0 Å². The van der Waals surface area contributed by atoms with Gasteiger partial charge in [-0.1, -0.05) is 15.9 Å². The van der Waals surface area contributed by atoms with Crippen LogP contribution in [-0.4, -0.2) is 47.0 Å². The zero-order valence-corrected chi connectivity index (χ0v) is 17.3. The molecular formula is C20H23BrN6. The highest BCUT2D eigenvalue weighted by molar-refractivity contribution is 9.10. The van der Waals surface area contributed by atoms with Crippen molar-refractivity contribution in [3.8, 4) is 11.3 Å². The first-order valence-corrected chi connectivity index (χ1v) is 9.52. The number of nitrogens with one attached hydrogen (secondary N) is 2. The van der Waals surface area contributed by atoms with Crippen LogP contribution in [-0.2, 0) is 0 Å². The second-order valence-electron chi connectivity index (χ2n) is 6.52. The molecule has 1 aromatic carbocycles. The quantitative estimate of drug-likeness (QED) is 0.585. The Kier molecular flexibility index (Phi) is 6.36. The molecule has 140 valence electrons. The monoisotopic (exact) mass is 426 g/mol. The van der Waals surface area contributed by atoms with Crippen molar-refractivity contribution in [3.05, 3.63) is 58.8 Å². The molecular weight excluding hydrogens is 404 g/mol. The predicted molar refractivity (Wildman–Crippen MR) is 114 cm³/mol. The van der Waals surface area contributed by atoms with Gasteiger partial charge in [-0.2, -0.15) is 4.98 Å². The third kappa shape index (κ3) is 5.48. The summed E-state index contributed by atoms with van der Waals surface area (Å²) in [6, 6.07) is 12.0. The van der Waals surface area contributed by atoms with E-state index in [1.807, 2.05) is 44.4 Å². The number of hydrogen-bond donors (Lipinski definition) is 2. The van der Waals surface area contributed by atoms with Gasteiger partial charge in [-0.25, -0.2) is 4.98 Å². The molecule has 6 nitrogen and oxygen atoms in total. The number of likely N-dealkylation sites (N-methyl/N-ethyl adjacent to an activating group) is 1. The van der Waals surface area contributed by atoms with Crippen molar-refractivity contribution in [2.75, 3.05) is 37.8 Å². The minimum Gasteiger partial charge on any atom is -0.353 e. The first-order valence-electron chi connectivity index (χ1n) is 8.72. The van der Waals surface area contributed by atoms with Crippen LogP contribution in [0.2, 0.25) is 0 Å². The van der Waals surface area contributed by atoms with Crippen LogP contribution in [0.4, 0.5) is 17.5 Å². The number of aryl methyl sites for hydroxylation is 1. The van der Waals surface area contributed by atoms with Crippen LogP contribution >= 0.6 is 15.9 Å². The van der Waals surface area contributed by atoms with Crippen molar-refractivity contribution in [2.24, 2.45) is 0 Å². The Morgan fingerprint density at radius 3 is 2.67 bits per heavy atom. The fourth-order valence-electron chi connectivity index (χ4n) is 2.51. The van der Waals surface area contributed by atoms with Crippen LogP contribution in [0.3, 0.4) is 0 Å². The molecule has 0 saturated heterocycles. The van der Waals surface area contributed by atoms with Gasteiger partial charge < -0.3 is 15.5 Å². The van der Waals surface area contributed by atoms with E-state index in [0.29, 0.717) is 5.95 Å². The van der Waals surface area contributed by atoms with Gasteiger partial charge in [0.15, 0.2) is 0 Å². The zero-order chi connectivity index (χ0) is 19.2. The molecule has 2 heterocycles.